The third kappa shape index (κ3) is 2.88. The highest BCUT2D eigenvalue weighted by Gasteiger charge is 2.12. The minimum absolute atomic E-state index is 0.141. The maximum absolute atomic E-state index is 12.2. The SMILES string of the molecule is Cc1ccc(NC(=O)c2ncn(-c3ccccc3)n2)cc1C. The first-order chi connectivity index (χ1) is 10.6. The molecule has 0 aliphatic heterocycles. The number of aryl methyl sites for hydroxylation is 2. The Morgan fingerprint density at radius 1 is 1.05 bits per heavy atom. The molecule has 5 nitrogen and oxygen atoms in total. The number of rotatable bonds is 3. The molecule has 0 bridgehead atoms. The highest BCUT2D eigenvalue weighted by molar-refractivity contribution is 6.01. The number of benzene rings is 2. The van der Waals surface area contributed by atoms with Gasteiger partial charge in [-0.05, 0) is 49.2 Å². The van der Waals surface area contributed by atoms with Crippen molar-refractivity contribution in [2.45, 2.75) is 13.8 Å². The second-order valence-corrected chi connectivity index (χ2v) is 5.10. The van der Waals surface area contributed by atoms with Crippen LogP contribution in [0.5, 0.6) is 0 Å². The highest BCUT2D eigenvalue weighted by Crippen LogP contribution is 2.15. The van der Waals surface area contributed by atoms with Crippen molar-refractivity contribution in [1.29, 1.82) is 0 Å². The lowest BCUT2D eigenvalue weighted by Crippen LogP contribution is -2.14. The summed E-state index contributed by atoms with van der Waals surface area (Å²) in [6.07, 6.45) is 1.53. The number of aromatic nitrogens is 3. The number of nitrogens with zero attached hydrogens (tertiary/aromatic N) is 3. The minimum Gasteiger partial charge on any atom is -0.319 e. The van der Waals surface area contributed by atoms with Gasteiger partial charge in [0.1, 0.15) is 6.33 Å². The average Bonchev–Trinajstić information content (AvgIpc) is 3.02. The lowest BCUT2D eigenvalue weighted by atomic mass is 10.1. The van der Waals surface area contributed by atoms with Gasteiger partial charge in [0.05, 0.1) is 5.69 Å². The van der Waals surface area contributed by atoms with Gasteiger partial charge < -0.3 is 5.32 Å². The Bertz CT molecular complexity index is 809. The number of carbonyl (C=O) groups excluding carboxylic acids is 1. The van der Waals surface area contributed by atoms with Crippen molar-refractivity contribution < 1.29 is 4.79 Å². The molecule has 22 heavy (non-hydrogen) atoms. The lowest BCUT2D eigenvalue weighted by Gasteiger charge is -2.05. The van der Waals surface area contributed by atoms with Crippen LogP contribution in [-0.2, 0) is 0 Å². The van der Waals surface area contributed by atoms with Gasteiger partial charge >= 0.3 is 0 Å². The van der Waals surface area contributed by atoms with Crippen LogP contribution in [0, 0.1) is 13.8 Å². The van der Waals surface area contributed by atoms with Crippen molar-refractivity contribution in [3.8, 4) is 5.69 Å². The smallest absolute Gasteiger partial charge is 0.295 e. The molecule has 0 saturated heterocycles. The first-order valence-corrected chi connectivity index (χ1v) is 6.99. The van der Waals surface area contributed by atoms with E-state index in [9.17, 15) is 4.79 Å². The van der Waals surface area contributed by atoms with E-state index in [1.54, 1.807) is 4.68 Å². The quantitative estimate of drug-likeness (QED) is 0.806. The van der Waals surface area contributed by atoms with Crippen LogP contribution in [0.4, 0.5) is 5.69 Å². The second-order valence-electron chi connectivity index (χ2n) is 5.10. The summed E-state index contributed by atoms with van der Waals surface area (Å²) in [5, 5.41) is 7.02. The molecular formula is C17H16N4O. The standard InChI is InChI=1S/C17H16N4O/c1-12-8-9-14(10-13(12)2)19-17(22)16-18-11-21(20-16)15-6-4-3-5-7-15/h3-11H,1-2H3,(H,19,22). The number of hydrogen-bond donors (Lipinski definition) is 1. The molecule has 0 saturated carbocycles. The Morgan fingerprint density at radius 3 is 2.55 bits per heavy atom. The topological polar surface area (TPSA) is 59.8 Å². The fourth-order valence-electron chi connectivity index (χ4n) is 2.08. The van der Waals surface area contributed by atoms with Gasteiger partial charge in [-0.2, -0.15) is 0 Å². The van der Waals surface area contributed by atoms with Gasteiger partial charge in [0, 0.05) is 5.69 Å². The van der Waals surface area contributed by atoms with Gasteiger partial charge in [-0.25, -0.2) is 9.67 Å². The number of para-hydroxylation sites is 1. The van der Waals surface area contributed by atoms with Crippen molar-refractivity contribution in [2.75, 3.05) is 5.32 Å². The fourth-order valence-corrected chi connectivity index (χ4v) is 2.08. The Hall–Kier alpha value is -2.95. The molecular weight excluding hydrogens is 276 g/mol. The monoisotopic (exact) mass is 292 g/mol. The molecule has 1 amide bonds. The maximum Gasteiger partial charge on any atom is 0.295 e. The first-order valence-electron chi connectivity index (χ1n) is 6.99. The van der Waals surface area contributed by atoms with E-state index in [1.165, 1.54) is 11.9 Å². The predicted molar refractivity (Wildman–Crippen MR) is 85.2 cm³/mol. The van der Waals surface area contributed by atoms with E-state index in [4.69, 9.17) is 0 Å². The van der Waals surface area contributed by atoms with E-state index in [2.05, 4.69) is 15.4 Å². The summed E-state index contributed by atoms with van der Waals surface area (Å²) in [5.74, 6) is -0.181. The molecule has 0 spiro atoms. The van der Waals surface area contributed by atoms with E-state index >= 15 is 0 Å². The van der Waals surface area contributed by atoms with Crippen molar-refractivity contribution in [3.05, 3.63) is 71.8 Å². The Labute approximate surface area is 128 Å². The molecule has 1 heterocycles. The molecule has 110 valence electrons. The summed E-state index contributed by atoms with van der Waals surface area (Å²) in [4.78, 5) is 16.3. The molecule has 3 rings (SSSR count). The van der Waals surface area contributed by atoms with E-state index in [1.807, 2.05) is 62.4 Å². The molecule has 1 N–H and O–H groups in total. The van der Waals surface area contributed by atoms with Crippen LogP contribution in [0.1, 0.15) is 21.7 Å². The highest BCUT2D eigenvalue weighted by atomic mass is 16.2. The van der Waals surface area contributed by atoms with Gasteiger partial charge in [0.2, 0.25) is 5.82 Å². The predicted octanol–water partition coefficient (Wildman–Crippen LogP) is 3.14. The van der Waals surface area contributed by atoms with Gasteiger partial charge in [0.25, 0.3) is 5.91 Å². The van der Waals surface area contributed by atoms with Crippen molar-refractivity contribution in [1.82, 2.24) is 14.8 Å². The summed E-state index contributed by atoms with van der Waals surface area (Å²) in [7, 11) is 0. The molecule has 0 aliphatic carbocycles. The number of carbonyl (C=O) groups is 1. The van der Waals surface area contributed by atoms with E-state index in [0.717, 1.165) is 16.9 Å². The third-order valence-electron chi connectivity index (χ3n) is 3.48. The maximum atomic E-state index is 12.2. The van der Waals surface area contributed by atoms with Crippen molar-refractivity contribution in [2.24, 2.45) is 0 Å². The van der Waals surface area contributed by atoms with Gasteiger partial charge in [-0.3, -0.25) is 4.79 Å². The lowest BCUT2D eigenvalue weighted by molar-refractivity contribution is 0.101. The van der Waals surface area contributed by atoms with E-state index in [-0.39, 0.29) is 11.7 Å². The zero-order valence-electron chi connectivity index (χ0n) is 12.4. The molecule has 1 aromatic heterocycles. The molecule has 3 aromatic rings. The van der Waals surface area contributed by atoms with Crippen LogP contribution in [-0.4, -0.2) is 20.7 Å². The van der Waals surface area contributed by atoms with Gasteiger partial charge in [-0.15, -0.1) is 5.10 Å². The van der Waals surface area contributed by atoms with E-state index in [0.29, 0.717) is 0 Å². The summed E-state index contributed by atoms with van der Waals surface area (Å²) >= 11 is 0. The summed E-state index contributed by atoms with van der Waals surface area (Å²) in [6, 6.07) is 15.3. The molecule has 0 unspecified atom stereocenters. The largest absolute Gasteiger partial charge is 0.319 e. The summed E-state index contributed by atoms with van der Waals surface area (Å²) < 4.78 is 1.58. The summed E-state index contributed by atoms with van der Waals surface area (Å²) in [5.41, 5.74) is 3.91. The van der Waals surface area contributed by atoms with Crippen LogP contribution in [0.3, 0.4) is 0 Å². The number of hydrogen-bond acceptors (Lipinski definition) is 3. The normalized spacial score (nSPS) is 10.5. The molecule has 0 atom stereocenters. The zero-order valence-corrected chi connectivity index (χ0v) is 12.4. The Balaban J connectivity index is 1.78. The number of amides is 1. The number of nitrogens with one attached hydrogen (secondary N) is 1. The fraction of sp³-hybridized carbons (Fsp3) is 0.118. The van der Waals surface area contributed by atoms with Crippen molar-refractivity contribution >= 4 is 11.6 Å². The molecule has 0 radical (unpaired) electrons. The first kappa shape index (κ1) is 14.0. The zero-order chi connectivity index (χ0) is 15.5. The van der Waals surface area contributed by atoms with Gasteiger partial charge in [0.15, 0.2) is 0 Å². The third-order valence-corrected chi connectivity index (χ3v) is 3.48. The Kier molecular flexibility index (Phi) is 3.70. The van der Waals surface area contributed by atoms with Crippen LogP contribution in [0.2, 0.25) is 0 Å². The molecule has 0 fully saturated rings. The van der Waals surface area contributed by atoms with Crippen molar-refractivity contribution in [3.63, 3.8) is 0 Å². The number of anilines is 1. The second kappa shape index (κ2) is 5.81. The molecule has 0 aliphatic rings. The average molecular weight is 292 g/mol. The molecule has 2 aromatic carbocycles. The van der Waals surface area contributed by atoms with Crippen LogP contribution >= 0.6 is 0 Å². The van der Waals surface area contributed by atoms with E-state index < -0.39 is 0 Å². The van der Waals surface area contributed by atoms with Gasteiger partial charge in [-0.1, -0.05) is 24.3 Å². The minimum atomic E-state index is -0.321. The van der Waals surface area contributed by atoms with Crippen LogP contribution < -0.4 is 5.32 Å². The Morgan fingerprint density at radius 2 is 1.82 bits per heavy atom. The summed E-state index contributed by atoms with van der Waals surface area (Å²) in [6.45, 7) is 4.04. The van der Waals surface area contributed by atoms with Crippen LogP contribution in [0.15, 0.2) is 54.9 Å². The van der Waals surface area contributed by atoms with Crippen LogP contribution in [0.25, 0.3) is 5.69 Å². The molecule has 5 heteroatoms.